The number of pyridine rings is 1. The minimum atomic E-state index is -0.535. The van der Waals surface area contributed by atoms with E-state index in [1.54, 1.807) is 36.1 Å². The monoisotopic (exact) mass is 654 g/mol. The van der Waals surface area contributed by atoms with E-state index >= 15 is 0 Å². The molecule has 0 aliphatic heterocycles. The second-order valence-electron chi connectivity index (χ2n) is 10.2. The van der Waals surface area contributed by atoms with E-state index in [-0.39, 0.29) is 27.5 Å². The fourth-order valence-electron chi connectivity index (χ4n) is 4.12. The van der Waals surface area contributed by atoms with Crippen LogP contribution in [0.2, 0.25) is 10.0 Å². The Morgan fingerprint density at radius 1 is 0.933 bits per heavy atom. The number of unbranched alkanes of at least 4 members (excludes halogenated alkanes) is 1. The van der Waals surface area contributed by atoms with Gasteiger partial charge in [0.25, 0.3) is 0 Å². The molecule has 0 atom stereocenters. The van der Waals surface area contributed by atoms with Crippen LogP contribution >= 0.6 is 23.2 Å². The number of carbonyl (C=O) groups excluding carboxylic acids is 2. The summed E-state index contributed by atoms with van der Waals surface area (Å²) in [5.41, 5.74) is 1.89. The first-order valence-corrected chi connectivity index (χ1v) is 15.0. The third-order valence-electron chi connectivity index (χ3n) is 6.45. The molecule has 0 saturated carbocycles. The molecule has 4 rings (SSSR count). The smallest absolute Gasteiger partial charge is 0.324 e. The number of nitrogens with one attached hydrogen (secondary N) is 4. The Labute approximate surface area is 272 Å². The van der Waals surface area contributed by atoms with Crippen molar-refractivity contribution in [3.05, 3.63) is 76.5 Å². The van der Waals surface area contributed by atoms with Gasteiger partial charge in [-0.2, -0.15) is 5.10 Å². The summed E-state index contributed by atoms with van der Waals surface area (Å²) in [7, 11) is 5.44. The van der Waals surface area contributed by atoms with Gasteiger partial charge in [0, 0.05) is 31.4 Å². The predicted molar refractivity (Wildman–Crippen MR) is 178 cm³/mol. The highest BCUT2D eigenvalue weighted by molar-refractivity contribution is 6.45. The standard InChI is InChI=1S/C31H36Cl2N8O4/c1-5-6-7-20-18-27(41(39-20)21-8-10-22(44-4)11-9-21)38-31(43)36-24-12-13-25(29(33)28(24)32)45-23-14-15-34-26(19-23)37-30(42)35-16-17-40(2)3/h8-15,18-19H,5-7,16-17H2,1-4H3,(H2,36,38,43)(H2,34,35,37,42). The Kier molecular flexibility index (Phi) is 11.9. The largest absolute Gasteiger partial charge is 0.497 e. The van der Waals surface area contributed by atoms with Crippen LogP contribution in [-0.4, -0.2) is 66.0 Å². The third kappa shape index (κ3) is 9.48. The molecule has 0 radical (unpaired) electrons. The van der Waals surface area contributed by atoms with Crippen molar-refractivity contribution in [1.82, 2.24) is 25.0 Å². The number of amides is 4. The zero-order chi connectivity index (χ0) is 32.3. The van der Waals surface area contributed by atoms with Gasteiger partial charge in [-0.3, -0.25) is 10.6 Å². The SMILES string of the molecule is CCCCc1cc(NC(=O)Nc2ccc(Oc3ccnc(NC(=O)NCCN(C)C)c3)c(Cl)c2Cl)n(-c2ccc(OC)cc2)n1. The molecule has 0 bridgehead atoms. The Balaban J connectivity index is 1.43. The molecule has 0 saturated heterocycles. The maximum absolute atomic E-state index is 13.1. The lowest BCUT2D eigenvalue weighted by Gasteiger charge is -2.14. The van der Waals surface area contributed by atoms with Crippen LogP contribution in [-0.2, 0) is 6.42 Å². The lowest BCUT2D eigenvalue weighted by molar-refractivity contribution is 0.250. The van der Waals surface area contributed by atoms with Crippen LogP contribution in [0.1, 0.15) is 25.5 Å². The van der Waals surface area contributed by atoms with E-state index in [4.69, 9.17) is 37.8 Å². The molecule has 2 aromatic heterocycles. The van der Waals surface area contributed by atoms with E-state index in [2.05, 4.69) is 33.2 Å². The molecule has 14 heteroatoms. The Morgan fingerprint density at radius 3 is 2.42 bits per heavy atom. The number of halogens is 2. The van der Waals surface area contributed by atoms with Crippen molar-refractivity contribution in [2.45, 2.75) is 26.2 Å². The highest BCUT2D eigenvalue weighted by Gasteiger charge is 2.17. The minimum Gasteiger partial charge on any atom is -0.497 e. The van der Waals surface area contributed by atoms with E-state index in [0.29, 0.717) is 36.2 Å². The number of benzene rings is 2. The molecule has 238 valence electrons. The summed E-state index contributed by atoms with van der Waals surface area (Å²) in [6.45, 7) is 3.29. The third-order valence-corrected chi connectivity index (χ3v) is 7.31. The number of ether oxygens (including phenoxy) is 2. The number of methoxy groups -OCH3 is 1. The maximum Gasteiger partial charge on any atom is 0.324 e. The molecule has 0 aliphatic rings. The Bertz CT molecular complexity index is 1610. The van der Waals surface area contributed by atoms with E-state index in [9.17, 15) is 9.59 Å². The first-order chi connectivity index (χ1) is 21.7. The molecule has 4 amide bonds. The summed E-state index contributed by atoms with van der Waals surface area (Å²) in [5, 5.41) is 15.9. The maximum atomic E-state index is 13.1. The summed E-state index contributed by atoms with van der Waals surface area (Å²) in [6, 6.07) is 14.6. The zero-order valence-electron chi connectivity index (χ0n) is 25.5. The number of likely N-dealkylation sites (N-methyl/N-ethyl adjacent to an activating group) is 1. The lowest BCUT2D eigenvalue weighted by Crippen LogP contribution is -2.34. The Morgan fingerprint density at radius 2 is 1.71 bits per heavy atom. The number of urea groups is 2. The minimum absolute atomic E-state index is 0.0873. The van der Waals surface area contributed by atoms with Crippen molar-refractivity contribution in [3.8, 4) is 22.9 Å². The highest BCUT2D eigenvalue weighted by atomic mass is 35.5. The van der Waals surface area contributed by atoms with Gasteiger partial charge in [-0.25, -0.2) is 19.3 Å². The number of hydrogen-bond donors (Lipinski definition) is 4. The number of aromatic nitrogens is 3. The van der Waals surface area contributed by atoms with Gasteiger partial charge < -0.3 is 25.0 Å². The van der Waals surface area contributed by atoms with Crippen molar-refractivity contribution in [2.24, 2.45) is 0 Å². The quantitative estimate of drug-likeness (QED) is 0.121. The van der Waals surface area contributed by atoms with Gasteiger partial charge in [-0.1, -0.05) is 36.5 Å². The van der Waals surface area contributed by atoms with Crippen molar-refractivity contribution >= 4 is 52.6 Å². The average Bonchev–Trinajstić information content (AvgIpc) is 3.42. The van der Waals surface area contributed by atoms with Crippen molar-refractivity contribution in [1.29, 1.82) is 0 Å². The summed E-state index contributed by atoms with van der Waals surface area (Å²) in [6.07, 6.45) is 4.26. The molecular formula is C31H36Cl2N8O4. The lowest BCUT2D eigenvalue weighted by atomic mass is 10.2. The van der Waals surface area contributed by atoms with Crippen LogP contribution in [0.3, 0.4) is 0 Å². The zero-order valence-corrected chi connectivity index (χ0v) is 27.0. The van der Waals surface area contributed by atoms with Crippen LogP contribution < -0.4 is 30.7 Å². The number of hydrogen-bond acceptors (Lipinski definition) is 7. The summed E-state index contributed by atoms with van der Waals surface area (Å²) < 4.78 is 12.8. The van der Waals surface area contributed by atoms with Crippen molar-refractivity contribution < 1.29 is 19.1 Å². The summed E-state index contributed by atoms with van der Waals surface area (Å²) in [4.78, 5) is 31.3. The average molecular weight is 656 g/mol. The van der Waals surface area contributed by atoms with Gasteiger partial charge in [-0.05, 0) is 69.4 Å². The van der Waals surface area contributed by atoms with Crippen molar-refractivity contribution in [3.63, 3.8) is 0 Å². The van der Waals surface area contributed by atoms with Crippen LogP contribution in [0.15, 0.2) is 60.8 Å². The second-order valence-corrected chi connectivity index (χ2v) is 11.0. The van der Waals surface area contributed by atoms with Gasteiger partial charge in [0.05, 0.1) is 29.2 Å². The van der Waals surface area contributed by atoms with Crippen molar-refractivity contribution in [2.75, 3.05) is 50.2 Å². The molecule has 2 heterocycles. The fourth-order valence-corrected chi connectivity index (χ4v) is 4.53. The molecular weight excluding hydrogens is 619 g/mol. The molecule has 0 spiro atoms. The van der Waals surface area contributed by atoms with Crippen LogP contribution in [0.5, 0.6) is 17.2 Å². The fraction of sp³-hybridized carbons (Fsp3) is 0.290. The molecule has 2 aromatic carbocycles. The summed E-state index contributed by atoms with van der Waals surface area (Å²) in [5.74, 6) is 2.11. The molecule has 12 nitrogen and oxygen atoms in total. The first-order valence-electron chi connectivity index (χ1n) is 14.3. The van der Waals surface area contributed by atoms with E-state index in [0.717, 1.165) is 30.6 Å². The van der Waals surface area contributed by atoms with Gasteiger partial charge in [0.15, 0.2) is 0 Å². The molecule has 4 N–H and O–H groups in total. The van der Waals surface area contributed by atoms with E-state index in [1.807, 2.05) is 49.3 Å². The number of carbonyl (C=O) groups is 2. The second kappa shape index (κ2) is 16.0. The molecule has 0 fully saturated rings. The van der Waals surface area contributed by atoms with Gasteiger partial charge in [0.1, 0.15) is 33.9 Å². The van der Waals surface area contributed by atoms with Crippen LogP contribution in [0.4, 0.5) is 26.9 Å². The normalized spacial score (nSPS) is 10.8. The van der Waals surface area contributed by atoms with Crippen LogP contribution in [0.25, 0.3) is 5.69 Å². The number of aryl methyl sites for hydroxylation is 1. The molecule has 45 heavy (non-hydrogen) atoms. The first kappa shape index (κ1) is 33.4. The number of anilines is 3. The topological polar surface area (TPSA) is 135 Å². The predicted octanol–water partition coefficient (Wildman–Crippen LogP) is 7.04. The summed E-state index contributed by atoms with van der Waals surface area (Å²) >= 11 is 13.1. The van der Waals surface area contributed by atoms with Gasteiger partial charge >= 0.3 is 12.1 Å². The molecule has 0 aliphatic carbocycles. The van der Waals surface area contributed by atoms with Crippen LogP contribution in [0, 0.1) is 0 Å². The molecule has 4 aromatic rings. The molecule has 0 unspecified atom stereocenters. The number of nitrogens with zero attached hydrogens (tertiary/aromatic N) is 4. The van der Waals surface area contributed by atoms with E-state index < -0.39 is 6.03 Å². The number of rotatable bonds is 13. The van der Waals surface area contributed by atoms with E-state index in [1.165, 1.54) is 6.20 Å². The highest BCUT2D eigenvalue weighted by Crippen LogP contribution is 2.39. The van der Waals surface area contributed by atoms with Gasteiger partial charge in [-0.15, -0.1) is 0 Å². The van der Waals surface area contributed by atoms with Gasteiger partial charge in [0.2, 0.25) is 0 Å². The Hall–Kier alpha value is -4.52.